The molecule has 0 bridgehead atoms. The van der Waals surface area contributed by atoms with E-state index in [-0.39, 0.29) is 11.9 Å². The number of carboxylic acids is 1. The molecule has 0 amide bonds. The number of rotatable bonds is 4. The average molecular weight is 224 g/mol. The SMILES string of the molecule is Cc1nnc(N[C@@H](C(=O)O)C(C)C)nc1C. The van der Waals surface area contributed by atoms with Crippen LogP contribution < -0.4 is 5.32 Å². The van der Waals surface area contributed by atoms with Crippen molar-refractivity contribution in [1.29, 1.82) is 0 Å². The first-order valence-electron chi connectivity index (χ1n) is 5.09. The van der Waals surface area contributed by atoms with Gasteiger partial charge in [-0.05, 0) is 19.8 Å². The molecule has 0 radical (unpaired) electrons. The van der Waals surface area contributed by atoms with Crippen LogP contribution in [0.5, 0.6) is 0 Å². The van der Waals surface area contributed by atoms with Crippen molar-refractivity contribution >= 4 is 11.9 Å². The van der Waals surface area contributed by atoms with Crippen LogP contribution in [0.2, 0.25) is 0 Å². The van der Waals surface area contributed by atoms with Gasteiger partial charge in [-0.25, -0.2) is 9.78 Å². The minimum absolute atomic E-state index is 0.0530. The van der Waals surface area contributed by atoms with Crippen LogP contribution >= 0.6 is 0 Å². The van der Waals surface area contributed by atoms with E-state index in [0.29, 0.717) is 0 Å². The number of nitrogens with one attached hydrogen (secondary N) is 1. The first-order chi connectivity index (χ1) is 7.41. The summed E-state index contributed by atoms with van der Waals surface area (Å²) in [6.45, 7) is 7.25. The molecule has 0 saturated carbocycles. The summed E-state index contributed by atoms with van der Waals surface area (Å²) < 4.78 is 0. The largest absolute Gasteiger partial charge is 0.480 e. The highest BCUT2D eigenvalue weighted by Crippen LogP contribution is 2.09. The van der Waals surface area contributed by atoms with Crippen molar-refractivity contribution in [3.8, 4) is 0 Å². The van der Waals surface area contributed by atoms with Crippen molar-refractivity contribution in [2.24, 2.45) is 5.92 Å². The lowest BCUT2D eigenvalue weighted by Gasteiger charge is -2.17. The van der Waals surface area contributed by atoms with E-state index in [1.165, 1.54) is 0 Å². The molecule has 0 unspecified atom stereocenters. The molecule has 1 aromatic rings. The maximum absolute atomic E-state index is 11.0. The molecule has 1 rings (SSSR count). The second kappa shape index (κ2) is 4.87. The molecule has 0 saturated heterocycles. The molecule has 1 aromatic heterocycles. The van der Waals surface area contributed by atoms with Gasteiger partial charge in [-0.3, -0.25) is 0 Å². The third-order valence-corrected chi connectivity index (χ3v) is 2.31. The molecule has 2 N–H and O–H groups in total. The summed E-state index contributed by atoms with van der Waals surface area (Å²) >= 11 is 0. The van der Waals surface area contributed by atoms with Gasteiger partial charge in [0.25, 0.3) is 0 Å². The predicted octanol–water partition coefficient (Wildman–Crippen LogP) is 1.01. The summed E-state index contributed by atoms with van der Waals surface area (Å²) in [5.41, 5.74) is 1.48. The smallest absolute Gasteiger partial charge is 0.326 e. The van der Waals surface area contributed by atoms with E-state index in [1.54, 1.807) is 13.8 Å². The Morgan fingerprint density at radius 1 is 1.25 bits per heavy atom. The lowest BCUT2D eigenvalue weighted by Crippen LogP contribution is -2.35. The van der Waals surface area contributed by atoms with Crippen LogP contribution in [-0.2, 0) is 4.79 Å². The number of carbonyl (C=O) groups is 1. The topological polar surface area (TPSA) is 88.0 Å². The van der Waals surface area contributed by atoms with Crippen LogP contribution in [0.25, 0.3) is 0 Å². The summed E-state index contributed by atoms with van der Waals surface area (Å²) in [5.74, 6) is -0.719. The number of aryl methyl sites for hydroxylation is 2. The van der Waals surface area contributed by atoms with Gasteiger partial charge in [0.05, 0.1) is 11.4 Å². The van der Waals surface area contributed by atoms with E-state index in [4.69, 9.17) is 5.11 Å². The summed E-state index contributed by atoms with van der Waals surface area (Å²) in [4.78, 5) is 15.1. The Bertz CT molecular complexity index is 392. The van der Waals surface area contributed by atoms with Crippen LogP contribution in [0.15, 0.2) is 0 Å². The first-order valence-corrected chi connectivity index (χ1v) is 5.09. The van der Waals surface area contributed by atoms with Crippen LogP contribution in [0, 0.1) is 19.8 Å². The monoisotopic (exact) mass is 224 g/mol. The number of anilines is 1. The van der Waals surface area contributed by atoms with Crippen LogP contribution in [0.4, 0.5) is 5.95 Å². The predicted molar refractivity (Wildman–Crippen MR) is 59.2 cm³/mol. The van der Waals surface area contributed by atoms with Crippen molar-refractivity contribution < 1.29 is 9.90 Å². The maximum Gasteiger partial charge on any atom is 0.326 e. The van der Waals surface area contributed by atoms with Gasteiger partial charge in [-0.15, -0.1) is 5.10 Å². The maximum atomic E-state index is 11.0. The standard InChI is InChI=1S/C10H16N4O2/c1-5(2)8(9(15)16)12-10-11-6(3)7(4)13-14-10/h5,8H,1-4H3,(H,15,16)(H,11,12,14)/t8-/m1/s1. The van der Waals surface area contributed by atoms with Gasteiger partial charge in [0, 0.05) is 0 Å². The zero-order valence-corrected chi connectivity index (χ0v) is 9.85. The second-order valence-electron chi connectivity index (χ2n) is 4.01. The molecule has 88 valence electrons. The molecule has 0 aromatic carbocycles. The zero-order valence-electron chi connectivity index (χ0n) is 9.85. The molecule has 0 aliphatic rings. The molecule has 0 aliphatic carbocycles. The quantitative estimate of drug-likeness (QED) is 0.793. The van der Waals surface area contributed by atoms with Gasteiger partial charge in [0.2, 0.25) is 5.95 Å². The number of aliphatic carboxylic acids is 1. The van der Waals surface area contributed by atoms with Crippen molar-refractivity contribution in [3.63, 3.8) is 0 Å². The molecule has 1 heterocycles. The Morgan fingerprint density at radius 2 is 1.88 bits per heavy atom. The molecular formula is C10H16N4O2. The van der Waals surface area contributed by atoms with Gasteiger partial charge in [0.1, 0.15) is 6.04 Å². The number of nitrogens with zero attached hydrogens (tertiary/aromatic N) is 3. The second-order valence-corrected chi connectivity index (χ2v) is 4.01. The van der Waals surface area contributed by atoms with Gasteiger partial charge >= 0.3 is 5.97 Å². The summed E-state index contributed by atoms with van der Waals surface area (Å²) in [5, 5.41) is 19.4. The van der Waals surface area contributed by atoms with Gasteiger partial charge < -0.3 is 10.4 Å². The Morgan fingerprint density at radius 3 is 2.31 bits per heavy atom. The van der Waals surface area contributed by atoms with Crippen LogP contribution in [-0.4, -0.2) is 32.3 Å². The lowest BCUT2D eigenvalue weighted by atomic mass is 10.1. The molecule has 6 nitrogen and oxygen atoms in total. The van der Waals surface area contributed by atoms with Gasteiger partial charge in [-0.1, -0.05) is 13.8 Å². The Hall–Kier alpha value is -1.72. The average Bonchev–Trinajstić information content (AvgIpc) is 2.18. The van der Waals surface area contributed by atoms with Crippen LogP contribution in [0.3, 0.4) is 0 Å². The van der Waals surface area contributed by atoms with E-state index in [2.05, 4.69) is 20.5 Å². The molecule has 6 heteroatoms. The third-order valence-electron chi connectivity index (χ3n) is 2.31. The van der Waals surface area contributed by atoms with Crippen molar-refractivity contribution in [1.82, 2.24) is 15.2 Å². The lowest BCUT2D eigenvalue weighted by molar-refractivity contribution is -0.138. The fourth-order valence-electron chi connectivity index (χ4n) is 1.17. The van der Waals surface area contributed by atoms with Gasteiger partial charge in [-0.2, -0.15) is 5.10 Å². The molecule has 0 fully saturated rings. The summed E-state index contributed by atoms with van der Waals surface area (Å²) in [6.07, 6.45) is 0. The number of hydrogen-bond acceptors (Lipinski definition) is 5. The minimum Gasteiger partial charge on any atom is -0.480 e. The first kappa shape index (κ1) is 12.4. The zero-order chi connectivity index (χ0) is 12.3. The highest BCUT2D eigenvalue weighted by molar-refractivity contribution is 5.76. The molecule has 16 heavy (non-hydrogen) atoms. The number of carboxylic acid groups (broad SMARTS) is 1. The Kier molecular flexibility index (Phi) is 3.76. The number of aromatic nitrogens is 3. The van der Waals surface area contributed by atoms with Crippen LogP contribution in [0.1, 0.15) is 25.2 Å². The molecular weight excluding hydrogens is 208 g/mol. The fraction of sp³-hybridized carbons (Fsp3) is 0.600. The van der Waals surface area contributed by atoms with Crippen molar-refractivity contribution in [2.75, 3.05) is 5.32 Å². The molecule has 0 aliphatic heterocycles. The molecule has 1 atom stereocenters. The van der Waals surface area contributed by atoms with E-state index in [9.17, 15) is 4.79 Å². The fourth-order valence-corrected chi connectivity index (χ4v) is 1.17. The highest BCUT2D eigenvalue weighted by Gasteiger charge is 2.22. The molecule has 0 spiro atoms. The van der Waals surface area contributed by atoms with E-state index in [0.717, 1.165) is 11.4 Å². The number of hydrogen-bond donors (Lipinski definition) is 2. The Balaban J connectivity index is 2.86. The Labute approximate surface area is 94.1 Å². The van der Waals surface area contributed by atoms with Gasteiger partial charge in [0.15, 0.2) is 0 Å². The van der Waals surface area contributed by atoms with E-state index >= 15 is 0 Å². The van der Waals surface area contributed by atoms with E-state index in [1.807, 2.05) is 13.8 Å². The minimum atomic E-state index is -0.920. The van der Waals surface area contributed by atoms with Crippen molar-refractivity contribution in [3.05, 3.63) is 11.4 Å². The normalized spacial score (nSPS) is 12.6. The third kappa shape index (κ3) is 2.88. The highest BCUT2D eigenvalue weighted by atomic mass is 16.4. The summed E-state index contributed by atoms with van der Waals surface area (Å²) in [6, 6.07) is -0.705. The van der Waals surface area contributed by atoms with Crippen molar-refractivity contribution in [2.45, 2.75) is 33.7 Å². The summed E-state index contributed by atoms with van der Waals surface area (Å²) in [7, 11) is 0. The van der Waals surface area contributed by atoms with E-state index < -0.39 is 12.0 Å².